The van der Waals surface area contributed by atoms with Crippen LogP contribution in [0.5, 0.6) is 0 Å². The molecule has 0 saturated heterocycles. The van der Waals surface area contributed by atoms with Gasteiger partial charge in [-0.25, -0.2) is 4.39 Å². The molecule has 9 heteroatoms. The van der Waals surface area contributed by atoms with Crippen molar-refractivity contribution in [2.75, 3.05) is 6.54 Å². The minimum absolute atomic E-state index is 0.102. The Bertz CT molecular complexity index is 1240. The standard InChI is InChI=1S/C28H32FN5O3/c1-19(2)15-23(26(35)30-17-20-9-11-22(29)12-10-20)31-27(36)24-16-25-28(37)33(13-6-14-34(25)32-24)18-21-7-4-3-5-8-21/h3-5,7-12,16,19,23H,6,13-15,17-18H2,1-2H3,(H,30,35)(H,31,36). The molecule has 0 aliphatic carbocycles. The molecule has 8 nitrogen and oxygen atoms in total. The third-order valence-corrected chi connectivity index (χ3v) is 6.24. The lowest BCUT2D eigenvalue weighted by Gasteiger charge is -2.20. The predicted molar refractivity (Wildman–Crippen MR) is 137 cm³/mol. The zero-order valence-electron chi connectivity index (χ0n) is 21.1. The molecule has 2 heterocycles. The number of carbonyl (C=O) groups excluding carboxylic acids is 3. The summed E-state index contributed by atoms with van der Waals surface area (Å²) in [6.45, 7) is 5.75. The van der Waals surface area contributed by atoms with Gasteiger partial charge in [-0.05, 0) is 42.0 Å². The summed E-state index contributed by atoms with van der Waals surface area (Å²) < 4.78 is 14.7. The first-order valence-corrected chi connectivity index (χ1v) is 12.5. The number of carbonyl (C=O) groups is 3. The Morgan fingerprint density at radius 2 is 1.76 bits per heavy atom. The number of aryl methyl sites for hydroxylation is 1. The van der Waals surface area contributed by atoms with E-state index in [1.165, 1.54) is 18.2 Å². The number of hydrogen-bond donors (Lipinski definition) is 2. The van der Waals surface area contributed by atoms with Gasteiger partial charge in [0.15, 0.2) is 5.69 Å². The van der Waals surface area contributed by atoms with Gasteiger partial charge in [0, 0.05) is 32.2 Å². The smallest absolute Gasteiger partial charge is 0.272 e. The summed E-state index contributed by atoms with van der Waals surface area (Å²) in [5, 5.41) is 9.99. The van der Waals surface area contributed by atoms with Crippen molar-refractivity contribution < 1.29 is 18.8 Å². The number of amides is 3. The van der Waals surface area contributed by atoms with E-state index in [0.717, 1.165) is 17.5 Å². The average Bonchev–Trinajstić information content (AvgIpc) is 3.25. The van der Waals surface area contributed by atoms with Crippen molar-refractivity contribution in [1.29, 1.82) is 0 Å². The molecule has 1 aliphatic rings. The molecular weight excluding hydrogens is 473 g/mol. The number of nitrogens with one attached hydrogen (secondary N) is 2. The van der Waals surface area contributed by atoms with Gasteiger partial charge in [0.2, 0.25) is 5.91 Å². The van der Waals surface area contributed by atoms with Crippen LogP contribution in [0.3, 0.4) is 0 Å². The lowest BCUT2D eigenvalue weighted by atomic mass is 10.0. The minimum Gasteiger partial charge on any atom is -0.350 e. The third-order valence-electron chi connectivity index (χ3n) is 6.24. The lowest BCUT2D eigenvalue weighted by molar-refractivity contribution is -0.123. The number of fused-ring (bicyclic) bond motifs is 1. The fourth-order valence-corrected chi connectivity index (χ4v) is 4.35. The number of rotatable bonds is 9. The first-order chi connectivity index (χ1) is 17.8. The van der Waals surface area contributed by atoms with E-state index in [1.54, 1.807) is 21.7 Å². The number of aromatic nitrogens is 2. The molecule has 1 atom stereocenters. The van der Waals surface area contributed by atoms with Crippen LogP contribution in [0.2, 0.25) is 0 Å². The summed E-state index contributed by atoms with van der Waals surface area (Å²) >= 11 is 0. The molecule has 0 radical (unpaired) electrons. The Morgan fingerprint density at radius 1 is 1.03 bits per heavy atom. The van der Waals surface area contributed by atoms with Gasteiger partial charge >= 0.3 is 0 Å². The summed E-state index contributed by atoms with van der Waals surface area (Å²) in [7, 11) is 0. The Kier molecular flexibility index (Phi) is 8.32. The van der Waals surface area contributed by atoms with E-state index < -0.39 is 11.9 Å². The van der Waals surface area contributed by atoms with Gasteiger partial charge in [0.1, 0.15) is 17.6 Å². The van der Waals surface area contributed by atoms with E-state index in [9.17, 15) is 18.8 Å². The van der Waals surface area contributed by atoms with Gasteiger partial charge in [-0.2, -0.15) is 5.10 Å². The summed E-state index contributed by atoms with van der Waals surface area (Å²) in [5.41, 5.74) is 2.25. The Labute approximate surface area is 215 Å². The molecule has 4 rings (SSSR count). The van der Waals surface area contributed by atoms with Crippen LogP contribution in [0.4, 0.5) is 4.39 Å². The second kappa shape index (κ2) is 11.8. The molecule has 1 aromatic heterocycles. The van der Waals surface area contributed by atoms with Gasteiger partial charge in [-0.3, -0.25) is 19.1 Å². The summed E-state index contributed by atoms with van der Waals surface area (Å²) in [4.78, 5) is 41.0. The molecule has 0 saturated carbocycles. The van der Waals surface area contributed by atoms with Gasteiger partial charge in [-0.1, -0.05) is 56.3 Å². The predicted octanol–water partition coefficient (Wildman–Crippen LogP) is 3.53. The zero-order chi connectivity index (χ0) is 26.4. The summed E-state index contributed by atoms with van der Waals surface area (Å²) in [6.07, 6.45) is 1.15. The molecule has 1 unspecified atom stereocenters. The van der Waals surface area contributed by atoms with Crippen LogP contribution in [-0.2, 0) is 24.4 Å². The highest BCUT2D eigenvalue weighted by atomic mass is 19.1. The maximum absolute atomic E-state index is 13.2. The average molecular weight is 506 g/mol. The third kappa shape index (κ3) is 6.81. The Hall–Kier alpha value is -4.01. The van der Waals surface area contributed by atoms with E-state index in [-0.39, 0.29) is 35.8 Å². The lowest BCUT2D eigenvalue weighted by Crippen LogP contribution is -2.47. The van der Waals surface area contributed by atoms with E-state index in [4.69, 9.17) is 0 Å². The highest BCUT2D eigenvalue weighted by Gasteiger charge is 2.28. The van der Waals surface area contributed by atoms with Crippen molar-refractivity contribution in [2.24, 2.45) is 5.92 Å². The fraction of sp³-hybridized carbons (Fsp3) is 0.357. The van der Waals surface area contributed by atoms with Crippen molar-refractivity contribution in [3.8, 4) is 0 Å². The SMILES string of the molecule is CC(C)CC(NC(=O)c1cc2n(n1)CCCN(Cc1ccccc1)C2=O)C(=O)NCc1ccc(F)cc1. The molecule has 0 bridgehead atoms. The molecular formula is C28H32FN5O3. The highest BCUT2D eigenvalue weighted by molar-refractivity contribution is 5.99. The molecule has 0 fully saturated rings. The van der Waals surface area contributed by atoms with Gasteiger partial charge in [0.05, 0.1) is 0 Å². The van der Waals surface area contributed by atoms with Crippen LogP contribution in [0, 0.1) is 11.7 Å². The molecule has 1 aliphatic heterocycles. The largest absolute Gasteiger partial charge is 0.350 e. The molecule has 3 aromatic rings. The van der Waals surface area contributed by atoms with Crippen molar-refractivity contribution in [3.05, 3.63) is 89.0 Å². The van der Waals surface area contributed by atoms with Crippen molar-refractivity contribution in [3.63, 3.8) is 0 Å². The monoisotopic (exact) mass is 505 g/mol. The Balaban J connectivity index is 1.44. The minimum atomic E-state index is -0.778. The van der Waals surface area contributed by atoms with Crippen molar-refractivity contribution >= 4 is 17.7 Å². The first kappa shape index (κ1) is 26.1. The number of nitrogens with zero attached hydrogens (tertiary/aromatic N) is 3. The van der Waals surface area contributed by atoms with Gasteiger partial charge in [-0.15, -0.1) is 0 Å². The van der Waals surface area contributed by atoms with Gasteiger partial charge in [0.25, 0.3) is 11.8 Å². The maximum atomic E-state index is 13.2. The molecule has 3 amide bonds. The summed E-state index contributed by atoms with van der Waals surface area (Å²) in [5.74, 6) is -1.22. The molecule has 2 N–H and O–H groups in total. The second-order valence-electron chi connectivity index (χ2n) is 9.70. The zero-order valence-corrected chi connectivity index (χ0v) is 21.1. The maximum Gasteiger partial charge on any atom is 0.272 e. The van der Waals surface area contributed by atoms with Crippen molar-refractivity contribution in [1.82, 2.24) is 25.3 Å². The molecule has 194 valence electrons. The molecule has 2 aromatic carbocycles. The Morgan fingerprint density at radius 3 is 2.46 bits per heavy atom. The second-order valence-corrected chi connectivity index (χ2v) is 9.70. The van der Waals surface area contributed by atoms with E-state index in [2.05, 4.69) is 15.7 Å². The number of halogens is 1. The normalized spacial score (nSPS) is 14.2. The van der Waals surface area contributed by atoms with E-state index in [0.29, 0.717) is 31.7 Å². The van der Waals surface area contributed by atoms with Crippen LogP contribution in [0.15, 0.2) is 60.7 Å². The first-order valence-electron chi connectivity index (χ1n) is 12.5. The fourth-order valence-electron chi connectivity index (χ4n) is 4.35. The number of benzene rings is 2. The quantitative estimate of drug-likeness (QED) is 0.465. The summed E-state index contributed by atoms with van der Waals surface area (Å²) in [6, 6.07) is 16.4. The van der Waals surface area contributed by atoms with Crippen LogP contribution in [-0.4, -0.2) is 45.0 Å². The van der Waals surface area contributed by atoms with E-state index >= 15 is 0 Å². The van der Waals surface area contributed by atoms with Crippen LogP contribution in [0.25, 0.3) is 0 Å². The number of hydrogen-bond acceptors (Lipinski definition) is 4. The van der Waals surface area contributed by atoms with Crippen LogP contribution >= 0.6 is 0 Å². The molecule has 37 heavy (non-hydrogen) atoms. The van der Waals surface area contributed by atoms with Crippen LogP contribution in [0.1, 0.15) is 58.8 Å². The van der Waals surface area contributed by atoms with E-state index in [1.807, 2.05) is 44.2 Å². The highest BCUT2D eigenvalue weighted by Crippen LogP contribution is 2.17. The van der Waals surface area contributed by atoms with Crippen molar-refractivity contribution in [2.45, 2.75) is 52.4 Å². The molecule has 0 spiro atoms. The van der Waals surface area contributed by atoms with Crippen LogP contribution < -0.4 is 10.6 Å². The topological polar surface area (TPSA) is 96.3 Å². The van der Waals surface area contributed by atoms with Gasteiger partial charge < -0.3 is 15.5 Å².